The van der Waals surface area contributed by atoms with Gasteiger partial charge < -0.3 is 15.1 Å². The quantitative estimate of drug-likeness (QED) is 0.863. The van der Waals surface area contributed by atoms with Crippen LogP contribution in [0.15, 0.2) is 36.5 Å². The number of carbonyl (C=O) groups is 1. The van der Waals surface area contributed by atoms with Crippen LogP contribution in [0.5, 0.6) is 0 Å². The predicted molar refractivity (Wildman–Crippen MR) is 113 cm³/mol. The maximum Gasteiger partial charge on any atom is 0.256 e. The van der Waals surface area contributed by atoms with E-state index in [1.54, 1.807) is 11.0 Å². The van der Waals surface area contributed by atoms with Crippen molar-refractivity contribution in [3.8, 4) is 0 Å². The molecule has 1 atom stereocenters. The Morgan fingerprint density at radius 2 is 2.10 bits per heavy atom. The lowest BCUT2D eigenvalue weighted by Crippen LogP contribution is -2.35. The summed E-state index contributed by atoms with van der Waals surface area (Å²) >= 11 is 0. The molecule has 154 valence electrons. The molecule has 1 N–H and O–H groups in total. The molecule has 1 amide bonds. The number of carbonyl (C=O) groups excluding carboxylic acids is 1. The van der Waals surface area contributed by atoms with Crippen molar-refractivity contribution >= 4 is 11.6 Å². The van der Waals surface area contributed by atoms with Gasteiger partial charge in [-0.3, -0.25) is 9.78 Å². The minimum absolute atomic E-state index is 0.193. The summed E-state index contributed by atoms with van der Waals surface area (Å²) in [6, 6.07) is 9.12. The standard InChI is InChI=1S/C23H29FN4O/c1-17-13-20(6-8-26-17)27-9-2-10-28(12-11-27)23(29)21-15-18(3-4-22(21)24)14-19-5-7-25-16-19/h3-4,6,8,13,15,19,25H,2,5,7,9-12,14,16H2,1H3. The van der Waals surface area contributed by atoms with Gasteiger partial charge in [0.2, 0.25) is 0 Å². The molecule has 1 unspecified atom stereocenters. The zero-order chi connectivity index (χ0) is 20.2. The normalized spacial score (nSPS) is 20.0. The van der Waals surface area contributed by atoms with Gasteiger partial charge in [-0.25, -0.2) is 4.39 Å². The van der Waals surface area contributed by atoms with Gasteiger partial charge in [0.05, 0.1) is 5.56 Å². The number of amides is 1. The van der Waals surface area contributed by atoms with Crippen LogP contribution in [0.25, 0.3) is 0 Å². The van der Waals surface area contributed by atoms with E-state index in [4.69, 9.17) is 0 Å². The Balaban J connectivity index is 1.45. The molecule has 0 spiro atoms. The van der Waals surface area contributed by atoms with Crippen LogP contribution in [0.1, 0.15) is 34.5 Å². The Hall–Kier alpha value is -2.47. The molecule has 2 aliphatic rings. The third-order valence-corrected chi connectivity index (χ3v) is 5.98. The second-order valence-corrected chi connectivity index (χ2v) is 8.17. The van der Waals surface area contributed by atoms with Crippen molar-refractivity contribution in [2.45, 2.75) is 26.2 Å². The molecule has 1 aromatic heterocycles. The number of halogens is 1. The van der Waals surface area contributed by atoms with Crippen molar-refractivity contribution in [3.05, 3.63) is 59.2 Å². The summed E-state index contributed by atoms with van der Waals surface area (Å²) in [6.45, 7) is 6.88. The van der Waals surface area contributed by atoms with Gasteiger partial charge in [-0.15, -0.1) is 0 Å². The van der Waals surface area contributed by atoms with E-state index in [0.717, 1.165) is 62.4 Å². The van der Waals surface area contributed by atoms with Gasteiger partial charge in [0, 0.05) is 43.8 Å². The Morgan fingerprint density at radius 1 is 1.21 bits per heavy atom. The maximum atomic E-state index is 14.5. The number of aryl methyl sites for hydroxylation is 1. The van der Waals surface area contributed by atoms with Crippen LogP contribution in [-0.2, 0) is 6.42 Å². The van der Waals surface area contributed by atoms with Crippen molar-refractivity contribution in [1.82, 2.24) is 15.2 Å². The third-order valence-electron chi connectivity index (χ3n) is 5.98. The van der Waals surface area contributed by atoms with E-state index in [1.807, 2.05) is 25.3 Å². The Bertz CT molecular complexity index is 866. The highest BCUT2D eigenvalue weighted by atomic mass is 19.1. The van der Waals surface area contributed by atoms with Crippen LogP contribution in [0.4, 0.5) is 10.1 Å². The number of hydrogen-bond donors (Lipinski definition) is 1. The minimum Gasteiger partial charge on any atom is -0.370 e. The van der Waals surface area contributed by atoms with Gasteiger partial charge in [-0.1, -0.05) is 6.07 Å². The molecule has 29 heavy (non-hydrogen) atoms. The van der Waals surface area contributed by atoms with Gasteiger partial charge in [-0.2, -0.15) is 0 Å². The first-order chi connectivity index (χ1) is 14.1. The summed E-state index contributed by atoms with van der Waals surface area (Å²) in [5.74, 6) is -0.0465. The molecule has 4 rings (SSSR count). The number of nitrogens with one attached hydrogen (secondary N) is 1. The van der Waals surface area contributed by atoms with Gasteiger partial charge in [-0.05, 0) is 75.0 Å². The lowest BCUT2D eigenvalue weighted by Gasteiger charge is -2.24. The van der Waals surface area contributed by atoms with E-state index >= 15 is 0 Å². The van der Waals surface area contributed by atoms with Crippen molar-refractivity contribution < 1.29 is 9.18 Å². The molecule has 1 aromatic carbocycles. The summed E-state index contributed by atoms with van der Waals surface area (Å²) < 4.78 is 14.5. The Labute approximate surface area is 171 Å². The van der Waals surface area contributed by atoms with E-state index in [-0.39, 0.29) is 11.5 Å². The number of nitrogens with zero attached hydrogens (tertiary/aromatic N) is 3. The van der Waals surface area contributed by atoms with Crippen LogP contribution in [-0.4, -0.2) is 55.1 Å². The maximum absolute atomic E-state index is 14.5. The average Bonchev–Trinajstić information content (AvgIpc) is 3.10. The van der Waals surface area contributed by atoms with Crippen LogP contribution < -0.4 is 10.2 Å². The monoisotopic (exact) mass is 396 g/mol. The smallest absolute Gasteiger partial charge is 0.256 e. The summed E-state index contributed by atoms with van der Waals surface area (Å²) in [5, 5.41) is 3.36. The molecule has 6 heteroatoms. The highest BCUT2D eigenvalue weighted by Crippen LogP contribution is 2.21. The molecule has 0 bridgehead atoms. The van der Waals surface area contributed by atoms with Crippen LogP contribution in [0.2, 0.25) is 0 Å². The number of hydrogen-bond acceptors (Lipinski definition) is 4. The Morgan fingerprint density at radius 3 is 2.90 bits per heavy atom. The fraction of sp³-hybridized carbons (Fsp3) is 0.478. The van der Waals surface area contributed by atoms with Gasteiger partial charge in [0.15, 0.2) is 0 Å². The van der Waals surface area contributed by atoms with E-state index in [0.29, 0.717) is 19.0 Å². The summed E-state index contributed by atoms with van der Waals surface area (Å²) in [4.78, 5) is 21.4. The highest BCUT2D eigenvalue weighted by molar-refractivity contribution is 5.94. The largest absolute Gasteiger partial charge is 0.370 e. The second-order valence-electron chi connectivity index (χ2n) is 8.17. The van der Waals surface area contributed by atoms with Crippen LogP contribution in [0, 0.1) is 18.7 Å². The van der Waals surface area contributed by atoms with Crippen molar-refractivity contribution in [2.75, 3.05) is 44.2 Å². The number of aromatic nitrogens is 1. The summed E-state index contributed by atoms with van der Waals surface area (Å²) in [5.41, 5.74) is 3.37. The zero-order valence-electron chi connectivity index (χ0n) is 17.0. The number of pyridine rings is 1. The van der Waals surface area contributed by atoms with Crippen molar-refractivity contribution in [3.63, 3.8) is 0 Å². The summed E-state index contributed by atoms with van der Waals surface area (Å²) in [7, 11) is 0. The van der Waals surface area contributed by atoms with Crippen LogP contribution in [0.3, 0.4) is 0 Å². The van der Waals surface area contributed by atoms with E-state index in [2.05, 4.69) is 21.3 Å². The second kappa shape index (κ2) is 8.91. The number of benzene rings is 1. The van der Waals surface area contributed by atoms with Crippen LogP contribution >= 0.6 is 0 Å². The Kier molecular flexibility index (Phi) is 6.09. The molecule has 2 aromatic rings. The fourth-order valence-electron chi connectivity index (χ4n) is 4.36. The molecule has 0 aliphatic carbocycles. The molecule has 3 heterocycles. The lowest BCUT2D eigenvalue weighted by atomic mass is 9.97. The predicted octanol–water partition coefficient (Wildman–Crippen LogP) is 3.03. The number of rotatable bonds is 4. The average molecular weight is 397 g/mol. The minimum atomic E-state index is -0.422. The fourth-order valence-corrected chi connectivity index (χ4v) is 4.36. The first-order valence-corrected chi connectivity index (χ1v) is 10.6. The summed E-state index contributed by atoms with van der Waals surface area (Å²) in [6.07, 6.45) is 4.71. The first kappa shape index (κ1) is 19.8. The van der Waals surface area contributed by atoms with Gasteiger partial charge in [0.25, 0.3) is 5.91 Å². The van der Waals surface area contributed by atoms with Crippen molar-refractivity contribution in [1.29, 1.82) is 0 Å². The molecule has 2 fully saturated rings. The third kappa shape index (κ3) is 4.75. The zero-order valence-corrected chi connectivity index (χ0v) is 17.0. The molecule has 2 saturated heterocycles. The van der Waals surface area contributed by atoms with Gasteiger partial charge in [0.1, 0.15) is 5.82 Å². The van der Waals surface area contributed by atoms with E-state index in [1.165, 1.54) is 6.07 Å². The van der Waals surface area contributed by atoms with Gasteiger partial charge >= 0.3 is 0 Å². The van der Waals surface area contributed by atoms with E-state index < -0.39 is 5.82 Å². The molecule has 0 radical (unpaired) electrons. The lowest BCUT2D eigenvalue weighted by molar-refractivity contribution is 0.0762. The van der Waals surface area contributed by atoms with Crippen molar-refractivity contribution in [2.24, 2.45) is 5.92 Å². The molecule has 0 saturated carbocycles. The van der Waals surface area contributed by atoms with E-state index in [9.17, 15) is 9.18 Å². The topological polar surface area (TPSA) is 48.5 Å². The molecular formula is C23H29FN4O. The highest BCUT2D eigenvalue weighted by Gasteiger charge is 2.24. The molecule has 5 nitrogen and oxygen atoms in total. The molecular weight excluding hydrogens is 367 g/mol. The number of anilines is 1. The first-order valence-electron chi connectivity index (χ1n) is 10.6. The molecule has 2 aliphatic heterocycles. The SMILES string of the molecule is Cc1cc(N2CCCN(C(=O)c3cc(CC4CCNC4)ccc3F)CC2)ccn1.